The normalized spacial score (nSPS) is 13.7. The maximum Gasteiger partial charge on any atom is 0.216 e. The largest absolute Gasteiger partial charge is 0.454 e. The van der Waals surface area contributed by atoms with Crippen molar-refractivity contribution in [1.29, 1.82) is 0 Å². The van der Waals surface area contributed by atoms with Gasteiger partial charge in [0, 0.05) is 22.9 Å². The van der Waals surface area contributed by atoms with Gasteiger partial charge in [-0.2, -0.15) is 0 Å². The van der Waals surface area contributed by atoms with Gasteiger partial charge < -0.3 is 4.42 Å². The summed E-state index contributed by atoms with van der Waals surface area (Å²) in [7, 11) is 2.05. The minimum absolute atomic E-state index is 0.217. The van der Waals surface area contributed by atoms with Gasteiger partial charge in [0.1, 0.15) is 24.0 Å². The molecule has 0 spiro atoms. The summed E-state index contributed by atoms with van der Waals surface area (Å²) in [4.78, 5) is 0. The van der Waals surface area contributed by atoms with Crippen molar-refractivity contribution in [3.05, 3.63) is 88.9 Å². The molecule has 3 heteroatoms. The highest BCUT2D eigenvalue weighted by Gasteiger charge is 2.26. The van der Waals surface area contributed by atoms with Crippen molar-refractivity contribution in [2.75, 3.05) is 0 Å². The van der Waals surface area contributed by atoms with E-state index in [1.165, 1.54) is 23.1 Å². The Balaban J connectivity index is 1.69. The molecule has 1 aliphatic rings. The quantitative estimate of drug-likeness (QED) is 0.246. The Morgan fingerprint density at radius 3 is 2.29 bits per heavy atom. The third kappa shape index (κ3) is 3.40. The molecule has 2 heterocycles. The fraction of sp³-hybridized carbons (Fsp3) is 0.281. The van der Waals surface area contributed by atoms with Gasteiger partial charge in [-0.05, 0) is 84.5 Å². The first-order valence-electron chi connectivity index (χ1n) is 12.7. The Labute approximate surface area is 206 Å². The Morgan fingerprint density at radius 1 is 0.829 bits per heavy atom. The van der Waals surface area contributed by atoms with Gasteiger partial charge in [-0.25, -0.2) is 8.96 Å². The first-order valence-corrected chi connectivity index (χ1v) is 12.7. The minimum Gasteiger partial charge on any atom is -0.454 e. The molecule has 0 amide bonds. The zero-order valence-corrected chi connectivity index (χ0v) is 20.9. The molecule has 0 atom stereocenters. The molecule has 0 saturated carbocycles. The summed E-state index contributed by atoms with van der Waals surface area (Å²) in [5, 5.41) is 1.99. The van der Waals surface area contributed by atoms with E-state index in [1.54, 1.807) is 6.07 Å². The standard InChI is InChI=1S/C32H31FNO/c1-19(2)21-14-15-24(23-10-6-5-9-22(21)23)30-27(33)17-16-26-25-13-12-20(3)29(31(25)35-32(26)30)28-11-7-8-18-34(28)4/h7-8,11-19H,5-6,9-10H2,1-4H3/q+1. The van der Waals surface area contributed by atoms with Crippen molar-refractivity contribution >= 4 is 21.9 Å². The lowest BCUT2D eigenvalue weighted by molar-refractivity contribution is -0.660. The van der Waals surface area contributed by atoms with Crippen molar-refractivity contribution in [3.63, 3.8) is 0 Å². The van der Waals surface area contributed by atoms with Crippen LogP contribution in [0.15, 0.2) is 65.2 Å². The third-order valence-electron chi connectivity index (χ3n) is 7.74. The Kier molecular flexibility index (Phi) is 5.25. The Morgan fingerprint density at radius 2 is 1.54 bits per heavy atom. The number of benzene rings is 3. The minimum atomic E-state index is -0.217. The van der Waals surface area contributed by atoms with Crippen LogP contribution in [-0.2, 0) is 19.9 Å². The van der Waals surface area contributed by atoms with Gasteiger partial charge in [0.2, 0.25) is 5.69 Å². The lowest BCUT2D eigenvalue weighted by Gasteiger charge is -2.24. The molecule has 0 bridgehead atoms. The molecule has 2 nitrogen and oxygen atoms in total. The SMILES string of the molecule is Cc1ccc2c(oc3c(-c4ccc(C(C)C)c5c4CCCC5)c(F)ccc32)c1-c1cccc[n+]1C. The zero-order valence-electron chi connectivity index (χ0n) is 20.9. The van der Waals surface area contributed by atoms with Gasteiger partial charge in [0.25, 0.3) is 0 Å². The van der Waals surface area contributed by atoms with Crippen LogP contribution in [-0.4, -0.2) is 0 Å². The molecule has 0 aliphatic heterocycles. The van der Waals surface area contributed by atoms with Crippen LogP contribution in [0.1, 0.15) is 54.9 Å². The first kappa shape index (κ1) is 22.0. The van der Waals surface area contributed by atoms with E-state index >= 15 is 4.39 Å². The number of aryl methyl sites for hydroxylation is 2. The van der Waals surface area contributed by atoms with E-state index in [4.69, 9.17) is 4.42 Å². The number of halogens is 1. The molecule has 3 aromatic carbocycles. The maximum atomic E-state index is 15.7. The number of aromatic nitrogens is 1. The molecule has 0 unspecified atom stereocenters. The van der Waals surface area contributed by atoms with Crippen LogP contribution in [0.2, 0.25) is 0 Å². The lowest BCUT2D eigenvalue weighted by Crippen LogP contribution is -2.30. The summed E-state index contributed by atoms with van der Waals surface area (Å²) in [6, 6.07) is 18.3. The van der Waals surface area contributed by atoms with E-state index in [-0.39, 0.29) is 5.82 Å². The predicted octanol–water partition coefficient (Wildman–Crippen LogP) is 8.19. The summed E-state index contributed by atoms with van der Waals surface area (Å²) in [5.41, 5.74) is 10.5. The van der Waals surface area contributed by atoms with Crippen molar-refractivity contribution in [1.82, 2.24) is 0 Å². The smallest absolute Gasteiger partial charge is 0.216 e. The summed E-state index contributed by atoms with van der Waals surface area (Å²) in [5.74, 6) is 0.241. The number of furan rings is 1. The average Bonchev–Trinajstić information content (AvgIpc) is 3.22. The molecule has 176 valence electrons. The van der Waals surface area contributed by atoms with Gasteiger partial charge in [-0.1, -0.05) is 38.1 Å². The number of rotatable bonds is 3. The van der Waals surface area contributed by atoms with Gasteiger partial charge in [-0.15, -0.1) is 0 Å². The fourth-order valence-corrected chi connectivity index (χ4v) is 6.00. The second-order valence-electron chi connectivity index (χ2n) is 10.3. The van der Waals surface area contributed by atoms with Gasteiger partial charge in [-0.3, -0.25) is 0 Å². The van der Waals surface area contributed by atoms with Gasteiger partial charge in [0.05, 0.1) is 11.1 Å². The van der Waals surface area contributed by atoms with Gasteiger partial charge in [0.15, 0.2) is 6.20 Å². The molecule has 6 rings (SSSR count). The maximum absolute atomic E-state index is 15.7. The molecular weight excluding hydrogens is 433 g/mol. The predicted molar refractivity (Wildman–Crippen MR) is 141 cm³/mol. The summed E-state index contributed by atoms with van der Waals surface area (Å²) < 4.78 is 24.4. The lowest BCUT2D eigenvalue weighted by atomic mass is 9.80. The van der Waals surface area contributed by atoms with E-state index in [9.17, 15) is 0 Å². The molecule has 1 aliphatic carbocycles. The zero-order chi connectivity index (χ0) is 24.3. The highest BCUT2D eigenvalue weighted by atomic mass is 19.1. The highest BCUT2D eigenvalue weighted by molar-refractivity contribution is 6.13. The Bertz CT molecular complexity index is 1610. The molecule has 0 N–H and O–H groups in total. The van der Waals surface area contributed by atoms with E-state index in [1.807, 2.05) is 31.4 Å². The van der Waals surface area contributed by atoms with E-state index in [0.717, 1.165) is 58.0 Å². The average molecular weight is 465 g/mol. The van der Waals surface area contributed by atoms with E-state index < -0.39 is 0 Å². The summed E-state index contributed by atoms with van der Waals surface area (Å²) in [6.07, 6.45) is 6.45. The number of pyridine rings is 1. The molecule has 2 aromatic heterocycles. The molecule has 35 heavy (non-hydrogen) atoms. The monoisotopic (exact) mass is 464 g/mol. The first-order chi connectivity index (χ1) is 17.0. The van der Waals surface area contributed by atoms with Crippen molar-refractivity contribution in [2.24, 2.45) is 7.05 Å². The molecule has 0 radical (unpaired) electrons. The second-order valence-corrected chi connectivity index (χ2v) is 10.3. The van der Waals surface area contributed by atoms with E-state index in [2.05, 4.69) is 55.7 Å². The fourth-order valence-electron chi connectivity index (χ4n) is 6.00. The molecular formula is C32H31FNO+. The molecule has 0 fully saturated rings. The van der Waals surface area contributed by atoms with Crippen LogP contribution in [0, 0.1) is 12.7 Å². The van der Waals surface area contributed by atoms with Crippen LogP contribution in [0.3, 0.4) is 0 Å². The Hall–Kier alpha value is -3.46. The highest BCUT2D eigenvalue weighted by Crippen LogP contribution is 2.44. The summed E-state index contributed by atoms with van der Waals surface area (Å²) >= 11 is 0. The molecule has 5 aromatic rings. The number of nitrogens with zero attached hydrogens (tertiary/aromatic N) is 1. The number of hydrogen-bond acceptors (Lipinski definition) is 1. The van der Waals surface area contributed by atoms with Crippen LogP contribution in [0.25, 0.3) is 44.3 Å². The van der Waals surface area contributed by atoms with Crippen LogP contribution < -0.4 is 4.57 Å². The van der Waals surface area contributed by atoms with E-state index in [0.29, 0.717) is 17.1 Å². The van der Waals surface area contributed by atoms with Crippen LogP contribution >= 0.6 is 0 Å². The van der Waals surface area contributed by atoms with Gasteiger partial charge >= 0.3 is 0 Å². The van der Waals surface area contributed by atoms with Crippen molar-refractivity contribution < 1.29 is 13.4 Å². The number of hydrogen-bond donors (Lipinski definition) is 0. The second kappa shape index (κ2) is 8.34. The van der Waals surface area contributed by atoms with Crippen molar-refractivity contribution in [3.8, 4) is 22.4 Å². The third-order valence-corrected chi connectivity index (χ3v) is 7.74. The van der Waals surface area contributed by atoms with Crippen molar-refractivity contribution in [2.45, 2.75) is 52.4 Å². The van der Waals surface area contributed by atoms with Crippen LogP contribution in [0.4, 0.5) is 4.39 Å². The topological polar surface area (TPSA) is 17.0 Å². The molecule has 0 saturated heterocycles. The number of fused-ring (bicyclic) bond motifs is 4. The summed E-state index contributed by atoms with van der Waals surface area (Å²) in [6.45, 7) is 6.60. The van der Waals surface area contributed by atoms with Crippen LogP contribution in [0.5, 0.6) is 0 Å².